The second-order valence-electron chi connectivity index (χ2n) is 5.51. The van der Waals surface area contributed by atoms with E-state index in [2.05, 4.69) is 15.8 Å². The lowest BCUT2D eigenvalue weighted by atomic mass is 10.1. The Balaban J connectivity index is 1.99. The monoisotopic (exact) mass is 420 g/mol. The van der Waals surface area contributed by atoms with Gasteiger partial charge in [-0.1, -0.05) is 11.6 Å². The van der Waals surface area contributed by atoms with Gasteiger partial charge in [0, 0.05) is 28.3 Å². The summed E-state index contributed by atoms with van der Waals surface area (Å²) < 4.78 is 10.1. The minimum absolute atomic E-state index is 0.0259. The predicted octanol–water partition coefficient (Wildman–Crippen LogP) is 2.15. The molecule has 29 heavy (non-hydrogen) atoms. The van der Waals surface area contributed by atoms with Crippen molar-refractivity contribution in [1.82, 2.24) is 10.7 Å². The molecule has 2 aromatic carbocycles. The van der Waals surface area contributed by atoms with Gasteiger partial charge in [0.1, 0.15) is 5.75 Å². The highest BCUT2D eigenvalue weighted by Crippen LogP contribution is 2.33. The molecule has 2 N–H and O–H groups in total. The number of ether oxygens (including phenoxy) is 2. The van der Waals surface area contributed by atoms with E-state index in [4.69, 9.17) is 21.1 Å². The van der Waals surface area contributed by atoms with Gasteiger partial charge in [-0.05, 0) is 24.3 Å². The van der Waals surface area contributed by atoms with E-state index in [9.17, 15) is 19.7 Å². The number of rotatable bonds is 8. The maximum absolute atomic E-state index is 11.9. The van der Waals surface area contributed by atoms with Crippen LogP contribution in [0.2, 0.25) is 5.02 Å². The van der Waals surface area contributed by atoms with Crippen LogP contribution in [0.3, 0.4) is 0 Å². The number of nitrogens with zero attached hydrogens (tertiary/aromatic N) is 2. The van der Waals surface area contributed by atoms with Gasteiger partial charge in [0.15, 0.2) is 0 Å². The lowest BCUT2D eigenvalue weighted by Gasteiger charge is -2.08. The molecule has 2 aromatic rings. The smallest absolute Gasteiger partial charge is 0.311 e. The number of nitrogens with one attached hydrogen (secondary N) is 2. The summed E-state index contributed by atoms with van der Waals surface area (Å²) in [6, 6.07) is 8.71. The van der Waals surface area contributed by atoms with Crippen LogP contribution in [0.15, 0.2) is 41.5 Å². The van der Waals surface area contributed by atoms with Crippen LogP contribution in [0.25, 0.3) is 0 Å². The van der Waals surface area contributed by atoms with Gasteiger partial charge in [-0.3, -0.25) is 19.7 Å². The average Bonchev–Trinajstić information content (AvgIpc) is 2.71. The minimum atomic E-state index is -0.611. The Bertz CT molecular complexity index is 946. The van der Waals surface area contributed by atoms with Crippen molar-refractivity contribution in [3.05, 3.63) is 62.7 Å². The van der Waals surface area contributed by atoms with Gasteiger partial charge in [0.05, 0.1) is 31.9 Å². The minimum Gasteiger partial charge on any atom is -0.496 e. The van der Waals surface area contributed by atoms with E-state index in [0.717, 1.165) is 0 Å². The second-order valence-corrected chi connectivity index (χ2v) is 5.94. The van der Waals surface area contributed by atoms with Crippen molar-refractivity contribution in [2.45, 2.75) is 0 Å². The molecular formula is C18H17ClN4O6. The van der Waals surface area contributed by atoms with Crippen LogP contribution in [-0.4, -0.2) is 43.7 Å². The second kappa shape index (κ2) is 10.0. The van der Waals surface area contributed by atoms with Crippen LogP contribution in [0.5, 0.6) is 11.5 Å². The van der Waals surface area contributed by atoms with E-state index in [1.165, 1.54) is 44.7 Å². The standard InChI is InChI=1S/C18H17ClN4O6/c1-28-15-8-16(29-2)14(23(26)27)7-12(15)9-21-22-17(24)10-20-18(25)11-3-5-13(19)6-4-11/h3-9H,10H2,1-2H3,(H,20,25)(H,22,24)/b21-9+. The van der Waals surface area contributed by atoms with Crippen LogP contribution in [0, 0.1) is 10.1 Å². The Labute approximate surface area is 170 Å². The third kappa shape index (κ3) is 5.91. The summed E-state index contributed by atoms with van der Waals surface area (Å²) >= 11 is 5.75. The number of methoxy groups -OCH3 is 2. The summed E-state index contributed by atoms with van der Waals surface area (Å²) in [5.41, 5.74) is 2.54. The molecular weight excluding hydrogens is 404 g/mol. The number of hydrogen-bond donors (Lipinski definition) is 2. The molecule has 11 heteroatoms. The molecule has 0 fully saturated rings. The number of nitro groups is 1. The molecule has 0 heterocycles. The van der Waals surface area contributed by atoms with Crippen molar-refractivity contribution < 1.29 is 24.0 Å². The molecule has 0 unspecified atom stereocenters. The summed E-state index contributed by atoms with van der Waals surface area (Å²) in [4.78, 5) is 34.3. The number of halogens is 1. The fourth-order valence-corrected chi connectivity index (χ4v) is 2.35. The lowest BCUT2D eigenvalue weighted by Crippen LogP contribution is -2.34. The quantitative estimate of drug-likeness (QED) is 0.382. The Hall–Kier alpha value is -3.66. The zero-order chi connectivity index (χ0) is 21.4. The molecule has 10 nitrogen and oxygen atoms in total. The number of benzene rings is 2. The summed E-state index contributed by atoms with van der Waals surface area (Å²) in [7, 11) is 2.68. The number of hydrazone groups is 1. The molecule has 0 radical (unpaired) electrons. The lowest BCUT2D eigenvalue weighted by molar-refractivity contribution is -0.385. The van der Waals surface area contributed by atoms with Crippen molar-refractivity contribution in [2.75, 3.05) is 20.8 Å². The first-order valence-corrected chi connectivity index (χ1v) is 8.49. The Morgan fingerprint density at radius 3 is 2.41 bits per heavy atom. The molecule has 0 spiro atoms. The molecule has 0 aliphatic heterocycles. The van der Waals surface area contributed by atoms with Crippen molar-refractivity contribution in [2.24, 2.45) is 5.10 Å². The van der Waals surface area contributed by atoms with Gasteiger partial charge in [-0.25, -0.2) is 5.43 Å². The normalized spacial score (nSPS) is 10.4. The van der Waals surface area contributed by atoms with Gasteiger partial charge in [0.2, 0.25) is 5.75 Å². The first-order valence-electron chi connectivity index (χ1n) is 8.11. The van der Waals surface area contributed by atoms with Crippen LogP contribution >= 0.6 is 11.6 Å². The largest absolute Gasteiger partial charge is 0.496 e. The molecule has 0 aliphatic carbocycles. The molecule has 0 atom stereocenters. The molecule has 0 saturated heterocycles. The molecule has 0 saturated carbocycles. The summed E-state index contributed by atoms with van der Waals surface area (Å²) in [5, 5.41) is 17.8. The summed E-state index contributed by atoms with van der Waals surface area (Å²) in [6.45, 7) is -0.321. The topological polar surface area (TPSA) is 132 Å². The third-order valence-corrected chi connectivity index (χ3v) is 3.89. The Kier molecular flexibility index (Phi) is 7.49. The fourth-order valence-electron chi connectivity index (χ4n) is 2.23. The highest BCUT2D eigenvalue weighted by Gasteiger charge is 2.19. The first-order chi connectivity index (χ1) is 13.8. The maximum Gasteiger partial charge on any atom is 0.311 e. The highest BCUT2D eigenvalue weighted by atomic mass is 35.5. The fraction of sp³-hybridized carbons (Fsp3) is 0.167. The van der Waals surface area contributed by atoms with E-state index in [-0.39, 0.29) is 29.3 Å². The Morgan fingerprint density at radius 1 is 1.17 bits per heavy atom. The molecule has 0 aliphatic rings. The van der Waals surface area contributed by atoms with Crippen molar-refractivity contribution in [3.8, 4) is 11.5 Å². The third-order valence-electron chi connectivity index (χ3n) is 3.64. The van der Waals surface area contributed by atoms with Crippen molar-refractivity contribution in [1.29, 1.82) is 0 Å². The van der Waals surface area contributed by atoms with E-state index < -0.39 is 16.7 Å². The number of nitro benzene ring substituents is 1. The van der Waals surface area contributed by atoms with Crippen LogP contribution in [0.4, 0.5) is 5.69 Å². The Morgan fingerprint density at radius 2 is 1.83 bits per heavy atom. The number of hydrogen-bond acceptors (Lipinski definition) is 7. The zero-order valence-electron chi connectivity index (χ0n) is 15.5. The van der Waals surface area contributed by atoms with E-state index in [1.807, 2.05) is 0 Å². The van der Waals surface area contributed by atoms with E-state index in [1.54, 1.807) is 12.1 Å². The maximum atomic E-state index is 11.9. The van der Waals surface area contributed by atoms with Gasteiger partial charge < -0.3 is 14.8 Å². The number of amides is 2. The average molecular weight is 421 g/mol. The van der Waals surface area contributed by atoms with E-state index in [0.29, 0.717) is 10.6 Å². The van der Waals surface area contributed by atoms with Gasteiger partial charge in [-0.2, -0.15) is 5.10 Å². The van der Waals surface area contributed by atoms with E-state index >= 15 is 0 Å². The molecule has 0 aromatic heterocycles. The van der Waals surface area contributed by atoms with Crippen LogP contribution < -0.4 is 20.2 Å². The molecule has 2 amide bonds. The number of carbonyl (C=O) groups is 2. The van der Waals surface area contributed by atoms with Gasteiger partial charge in [0.25, 0.3) is 11.8 Å². The SMILES string of the molecule is COc1cc(OC)c([N+](=O)[O-])cc1/C=N/NC(=O)CNC(=O)c1ccc(Cl)cc1. The predicted molar refractivity (Wildman–Crippen MR) is 106 cm³/mol. The van der Waals surface area contributed by atoms with Gasteiger partial charge >= 0.3 is 5.69 Å². The molecule has 2 rings (SSSR count). The molecule has 152 valence electrons. The molecule has 0 bridgehead atoms. The van der Waals surface area contributed by atoms with Crippen molar-refractivity contribution >= 4 is 35.3 Å². The number of carbonyl (C=O) groups excluding carboxylic acids is 2. The zero-order valence-corrected chi connectivity index (χ0v) is 16.2. The van der Waals surface area contributed by atoms with Crippen LogP contribution in [0.1, 0.15) is 15.9 Å². The highest BCUT2D eigenvalue weighted by molar-refractivity contribution is 6.30. The van der Waals surface area contributed by atoms with Crippen molar-refractivity contribution in [3.63, 3.8) is 0 Å². The summed E-state index contributed by atoms with van der Waals surface area (Å²) in [6.07, 6.45) is 1.18. The summed E-state index contributed by atoms with van der Waals surface area (Å²) in [5.74, 6) is -0.752. The van der Waals surface area contributed by atoms with Gasteiger partial charge in [-0.15, -0.1) is 0 Å². The van der Waals surface area contributed by atoms with Crippen LogP contribution in [-0.2, 0) is 4.79 Å². The first kappa shape index (κ1) is 21.6.